The number of pyridine rings is 1. The Morgan fingerprint density at radius 3 is 2.67 bits per heavy atom. The number of nitrogens with zero attached hydrogens (tertiary/aromatic N) is 5. The van der Waals surface area contributed by atoms with Crippen LogP contribution in [-0.2, 0) is 11.2 Å². The Balaban J connectivity index is 1.28. The lowest BCUT2D eigenvalue weighted by molar-refractivity contribution is -0.131. The van der Waals surface area contributed by atoms with Gasteiger partial charge < -0.3 is 14.4 Å². The highest BCUT2D eigenvalue weighted by molar-refractivity contribution is 5.99. The highest BCUT2D eigenvalue weighted by atomic mass is 19.1. The minimum atomic E-state index is -0.423. The van der Waals surface area contributed by atoms with Crippen molar-refractivity contribution in [3.8, 4) is 5.69 Å². The number of fused-ring (bicyclic) bond motifs is 3. The molecule has 3 unspecified atom stereocenters. The monoisotopic (exact) mass is 545 g/mol. The van der Waals surface area contributed by atoms with Crippen LogP contribution in [0, 0.1) is 24.6 Å². The predicted octanol–water partition coefficient (Wildman–Crippen LogP) is 4.83. The molecule has 3 aromatic rings. The third-order valence-electron chi connectivity index (χ3n) is 9.73. The fraction of sp³-hybridized carbons (Fsp3) is 0.531. The van der Waals surface area contributed by atoms with Crippen molar-refractivity contribution in [3.05, 3.63) is 59.3 Å². The van der Waals surface area contributed by atoms with Crippen LogP contribution in [0.4, 0.5) is 4.39 Å². The molecule has 0 spiro atoms. The molecule has 1 saturated carbocycles. The summed E-state index contributed by atoms with van der Waals surface area (Å²) >= 11 is 0. The van der Waals surface area contributed by atoms with Crippen LogP contribution in [0.2, 0.25) is 0 Å². The zero-order valence-electron chi connectivity index (χ0n) is 24.2. The molecule has 2 amide bonds. The average molecular weight is 546 g/mol. The highest BCUT2D eigenvalue weighted by Crippen LogP contribution is 2.42. The number of amides is 2. The fourth-order valence-corrected chi connectivity index (χ4v) is 7.51. The van der Waals surface area contributed by atoms with Gasteiger partial charge in [-0.2, -0.15) is 0 Å². The molecule has 2 saturated heterocycles. The normalized spacial score (nSPS) is 24.5. The Morgan fingerprint density at radius 2 is 1.98 bits per heavy atom. The Hall–Kier alpha value is -3.26. The molecule has 1 aromatic carbocycles. The summed E-state index contributed by atoms with van der Waals surface area (Å²) < 4.78 is 16.4. The van der Waals surface area contributed by atoms with Gasteiger partial charge in [0.15, 0.2) is 0 Å². The van der Waals surface area contributed by atoms with E-state index in [2.05, 4.69) is 27.9 Å². The van der Waals surface area contributed by atoms with Crippen molar-refractivity contribution in [2.45, 2.75) is 71.5 Å². The average Bonchev–Trinajstić information content (AvgIpc) is 3.71. The molecule has 0 N–H and O–H groups in total. The summed E-state index contributed by atoms with van der Waals surface area (Å²) in [5, 5.41) is 1.17. The van der Waals surface area contributed by atoms with Crippen molar-refractivity contribution >= 4 is 22.7 Å². The predicted molar refractivity (Wildman–Crippen MR) is 154 cm³/mol. The maximum absolute atomic E-state index is 14.4. The summed E-state index contributed by atoms with van der Waals surface area (Å²) in [5.41, 5.74) is 4.32. The van der Waals surface area contributed by atoms with E-state index in [9.17, 15) is 14.0 Å². The number of aryl methyl sites for hydroxylation is 1. The van der Waals surface area contributed by atoms with Gasteiger partial charge in [0, 0.05) is 63.0 Å². The molecule has 2 bridgehead atoms. The van der Waals surface area contributed by atoms with Gasteiger partial charge in [0.2, 0.25) is 5.91 Å². The SMILES string of the molecule is CC(=O)N1CC2CC1CC2N1CC[C@@H](Cc2cn(-c3ccc(F)cc3C(=O)N(C)C(C)C)c3cncc(C)c23)C1. The van der Waals surface area contributed by atoms with E-state index < -0.39 is 5.82 Å². The van der Waals surface area contributed by atoms with Crippen LogP contribution in [0.15, 0.2) is 36.8 Å². The number of hydrogen-bond donors (Lipinski definition) is 0. The quantitative estimate of drug-likeness (QED) is 0.445. The van der Waals surface area contributed by atoms with Crippen LogP contribution in [0.3, 0.4) is 0 Å². The summed E-state index contributed by atoms with van der Waals surface area (Å²) in [6.07, 6.45) is 10.2. The second-order valence-corrected chi connectivity index (χ2v) is 12.5. The van der Waals surface area contributed by atoms with E-state index in [1.54, 1.807) is 24.9 Å². The van der Waals surface area contributed by atoms with Gasteiger partial charge in [-0.05, 0) is 94.2 Å². The summed E-state index contributed by atoms with van der Waals surface area (Å²) in [6.45, 7) is 10.8. The molecule has 8 heteroatoms. The van der Waals surface area contributed by atoms with Crippen molar-refractivity contribution in [1.29, 1.82) is 0 Å². The second kappa shape index (κ2) is 10.3. The lowest BCUT2D eigenvalue weighted by Crippen LogP contribution is -2.46. The standard InChI is InChI=1S/C32H40FN5O2/c1-19(2)35(5)32(40)27-12-25(33)6-7-28(27)38-18-24(31-20(3)14-34-15-30(31)38)10-22-8-9-36(16-22)29-13-26-11-23(29)17-37(26)21(4)39/h6-7,12,14-15,18-19,22-23,26,29H,8-11,13,16-17H2,1-5H3/t22-,23?,26?,29?/m0/s1. The first kappa shape index (κ1) is 26.9. The zero-order valence-corrected chi connectivity index (χ0v) is 24.2. The number of hydrogen-bond acceptors (Lipinski definition) is 4. The minimum Gasteiger partial charge on any atom is -0.340 e. The second-order valence-electron chi connectivity index (χ2n) is 12.5. The van der Waals surface area contributed by atoms with Gasteiger partial charge in [0.25, 0.3) is 5.91 Å². The van der Waals surface area contributed by atoms with Crippen LogP contribution in [0.25, 0.3) is 16.6 Å². The van der Waals surface area contributed by atoms with Gasteiger partial charge in [0.05, 0.1) is 23.0 Å². The van der Waals surface area contributed by atoms with E-state index in [1.807, 2.05) is 30.8 Å². The molecule has 2 aromatic heterocycles. The number of halogens is 1. The summed E-state index contributed by atoms with van der Waals surface area (Å²) in [4.78, 5) is 36.2. The smallest absolute Gasteiger partial charge is 0.256 e. The van der Waals surface area contributed by atoms with Gasteiger partial charge in [0.1, 0.15) is 5.82 Å². The molecule has 1 aliphatic carbocycles. The largest absolute Gasteiger partial charge is 0.340 e. The van der Waals surface area contributed by atoms with Crippen LogP contribution < -0.4 is 0 Å². The summed E-state index contributed by atoms with van der Waals surface area (Å²) in [6, 6.07) is 5.48. The number of carbonyl (C=O) groups excluding carboxylic acids is 2. The Kier molecular flexibility index (Phi) is 6.93. The first-order chi connectivity index (χ1) is 19.1. The maximum atomic E-state index is 14.4. The van der Waals surface area contributed by atoms with Crippen molar-refractivity contribution < 1.29 is 14.0 Å². The first-order valence-electron chi connectivity index (χ1n) is 14.6. The number of carbonyl (C=O) groups is 2. The molecule has 4 heterocycles. The molecular formula is C32H40FN5O2. The molecular weight excluding hydrogens is 505 g/mol. The third kappa shape index (κ3) is 4.60. The van der Waals surface area contributed by atoms with Gasteiger partial charge in [-0.25, -0.2) is 4.39 Å². The Morgan fingerprint density at radius 1 is 1.18 bits per heavy atom. The van der Waals surface area contributed by atoms with Crippen molar-refractivity contribution in [1.82, 2.24) is 24.3 Å². The number of likely N-dealkylation sites (tertiary alicyclic amines) is 2. The fourth-order valence-electron chi connectivity index (χ4n) is 7.51. The zero-order chi connectivity index (χ0) is 28.3. The van der Waals surface area contributed by atoms with E-state index >= 15 is 0 Å². The van der Waals surface area contributed by atoms with Crippen molar-refractivity contribution in [2.24, 2.45) is 11.8 Å². The van der Waals surface area contributed by atoms with Gasteiger partial charge in [-0.3, -0.25) is 19.5 Å². The Bertz CT molecular complexity index is 1470. The van der Waals surface area contributed by atoms with E-state index in [0.29, 0.717) is 35.2 Å². The lowest BCUT2D eigenvalue weighted by atomic mass is 9.97. The van der Waals surface area contributed by atoms with E-state index in [-0.39, 0.29) is 17.9 Å². The number of benzene rings is 1. The van der Waals surface area contributed by atoms with Crippen molar-refractivity contribution in [3.63, 3.8) is 0 Å². The van der Waals surface area contributed by atoms with Gasteiger partial charge in [-0.15, -0.1) is 0 Å². The third-order valence-corrected chi connectivity index (χ3v) is 9.73. The molecule has 2 aliphatic heterocycles. The lowest BCUT2D eigenvalue weighted by Gasteiger charge is -2.36. The minimum absolute atomic E-state index is 0.00424. The maximum Gasteiger partial charge on any atom is 0.256 e. The molecule has 7 nitrogen and oxygen atoms in total. The van der Waals surface area contributed by atoms with Crippen LogP contribution in [0.1, 0.15) is 61.5 Å². The topological polar surface area (TPSA) is 61.7 Å². The molecule has 212 valence electrons. The van der Waals surface area contributed by atoms with Crippen LogP contribution >= 0.6 is 0 Å². The number of aromatic nitrogens is 2. The summed E-state index contributed by atoms with van der Waals surface area (Å²) in [5.74, 6) is 0.730. The molecule has 4 atom stereocenters. The number of rotatable bonds is 6. The molecule has 0 radical (unpaired) electrons. The van der Waals surface area contributed by atoms with Gasteiger partial charge in [-0.1, -0.05) is 0 Å². The van der Waals surface area contributed by atoms with Gasteiger partial charge >= 0.3 is 0 Å². The van der Waals surface area contributed by atoms with E-state index in [0.717, 1.165) is 56.4 Å². The molecule has 3 aliphatic rings. The number of piperidine rings is 1. The Labute approximate surface area is 235 Å². The molecule has 6 rings (SSSR count). The van der Waals surface area contributed by atoms with E-state index in [1.165, 1.54) is 23.1 Å². The molecule has 40 heavy (non-hydrogen) atoms. The van der Waals surface area contributed by atoms with Crippen LogP contribution in [0.5, 0.6) is 0 Å². The highest BCUT2D eigenvalue weighted by Gasteiger charge is 2.48. The molecule has 3 fully saturated rings. The summed E-state index contributed by atoms with van der Waals surface area (Å²) in [7, 11) is 1.76. The first-order valence-corrected chi connectivity index (χ1v) is 14.6. The van der Waals surface area contributed by atoms with Crippen molar-refractivity contribution in [2.75, 3.05) is 26.7 Å². The van der Waals surface area contributed by atoms with E-state index in [4.69, 9.17) is 0 Å². The van der Waals surface area contributed by atoms with Crippen LogP contribution in [-0.4, -0.2) is 80.9 Å².